The van der Waals surface area contributed by atoms with Crippen LogP contribution in [0.2, 0.25) is 0 Å². The molecule has 0 aliphatic heterocycles. The molecule has 1 rings (SSSR count). The number of benzene rings is 1. The Morgan fingerprint density at radius 2 is 2.05 bits per heavy atom. The fraction of sp³-hybridized carbons (Fsp3) is 0.417. The van der Waals surface area contributed by atoms with Crippen LogP contribution >= 0.6 is 12.4 Å². The van der Waals surface area contributed by atoms with Crippen molar-refractivity contribution >= 4 is 22.4 Å². The molecule has 5 nitrogen and oxygen atoms in total. The number of halogens is 1. The van der Waals surface area contributed by atoms with Gasteiger partial charge in [-0.1, -0.05) is 6.07 Å². The molecule has 0 saturated heterocycles. The summed E-state index contributed by atoms with van der Waals surface area (Å²) in [6.07, 6.45) is 0. The molecule has 0 fully saturated rings. The van der Waals surface area contributed by atoms with Gasteiger partial charge < -0.3 is 5.32 Å². The standard InChI is InChI=1S/C12H17N3O2S.ClH/c1-9-4-5-11(7-13)6-12(9)18(16,17)15-8-10(2)14-3;/h4-6,10,14-15H,8H2,1-3H3;1H. The van der Waals surface area contributed by atoms with Crippen LogP contribution in [0, 0.1) is 18.3 Å². The van der Waals surface area contributed by atoms with Crippen LogP contribution in [-0.4, -0.2) is 28.1 Å². The molecule has 0 radical (unpaired) electrons. The van der Waals surface area contributed by atoms with E-state index in [1.807, 2.05) is 13.0 Å². The maximum absolute atomic E-state index is 12.1. The predicted molar refractivity (Wildman–Crippen MR) is 76.9 cm³/mol. The van der Waals surface area contributed by atoms with Crippen LogP contribution in [0.25, 0.3) is 0 Å². The smallest absolute Gasteiger partial charge is 0.240 e. The average molecular weight is 304 g/mol. The van der Waals surface area contributed by atoms with Crippen molar-refractivity contribution in [2.75, 3.05) is 13.6 Å². The molecular formula is C12H18ClN3O2S. The molecule has 19 heavy (non-hydrogen) atoms. The van der Waals surface area contributed by atoms with E-state index < -0.39 is 10.0 Å². The Bertz CT molecular complexity index is 567. The summed E-state index contributed by atoms with van der Waals surface area (Å²) in [4.78, 5) is 0.157. The van der Waals surface area contributed by atoms with Crippen LogP contribution in [0.5, 0.6) is 0 Å². The van der Waals surface area contributed by atoms with Crippen molar-refractivity contribution < 1.29 is 8.42 Å². The third-order valence-corrected chi connectivity index (χ3v) is 4.24. The summed E-state index contributed by atoms with van der Waals surface area (Å²) in [6.45, 7) is 3.88. The predicted octanol–water partition coefficient (Wildman–Crippen LogP) is 1.17. The summed E-state index contributed by atoms with van der Waals surface area (Å²) in [7, 11) is -1.81. The summed E-state index contributed by atoms with van der Waals surface area (Å²) in [5.74, 6) is 0. The number of hydrogen-bond acceptors (Lipinski definition) is 4. The first-order valence-electron chi connectivity index (χ1n) is 5.58. The SMILES string of the molecule is CNC(C)CNS(=O)(=O)c1cc(C#N)ccc1C.Cl. The molecule has 7 heteroatoms. The summed E-state index contributed by atoms with van der Waals surface area (Å²) in [5.41, 5.74) is 0.959. The number of rotatable bonds is 5. The molecule has 0 aliphatic carbocycles. The monoisotopic (exact) mass is 303 g/mol. The van der Waals surface area contributed by atoms with Gasteiger partial charge in [0.2, 0.25) is 10.0 Å². The van der Waals surface area contributed by atoms with Gasteiger partial charge >= 0.3 is 0 Å². The summed E-state index contributed by atoms with van der Waals surface area (Å²) in [5, 5.41) is 11.7. The Morgan fingerprint density at radius 3 is 2.58 bits per heavy atom. The lowest BCUT2D eigenvalue weighted by Gasteiger charge is -2.13. The maximum Gasteiger partial charge on any atom is 0.240 e. The highest BCUT2D eigenvalue weighted by Crippen LogP contribution is 2.16. The lowest BCUT2D eigenvalue weighted by atomic mass is 10.2. The highest BCUT2D eigenvalue weighted by Gasteiger charge is 2.17. The first-order valence-corrected chi connectivity index (χ1v) is 7.06. The van der Waals surface area contributed by atoms with Crippen molar-refractivity contribution in [1.29, 1.82) is 5.26 Å². The minimum atomic E-state index is -3.57. The van der Waals surface area contributed by atoms with E-state index in [-0.39, 0.29) is 23.3 Å². The lowest BCUT2D eigenvalue weighted by Crippen LogP contribution is -2.37. The summed E-state index contributed by atoms with van der Waals surface area (Å²) < 4.78 is 26.7. The van der Waals surface area contributed by atoms with Gasteiger partial charge in [-0.05, 0) is 38.6 Å². The van der Waals surface area contributed by atoms with Gasteiger partial charge in [0, 0.05) is 12.6 Å². The molecule has 2 N–H and O–H groups in total. The second-order valence-electron chi connectivity index (χ2n) is 4.13. The van der Waals surface area contributed by atoms with Gasteiger partial charge in [-0.2, -0.15) is 5.26 Å². The number of hydrogen-bond donors (Lipinski definition) is 2. The van der Waals surface area contributed by atoms with E-state index in [0.717, 1.165) is 0 Å². The molecule has 0 saturated carbocycles. The van der Waals surface area contributed by atoms with Crippen LogP contribution in [0.4, 0.5) is 0 Å². The molecule has 0 spiro atoms. The van der Waals surface area contributed by atoms with E-state index in [1.54, 1.807) is 26.1 Å². The van der Waals surface area contributed by atoms with Crippen molar-refractivity contribution in [3.8, 4) is 6.07 Å². The average Bonchev–Trinajstić information content (AvgIpc) is 2.36. The summed E-state index contributed by atoms with van der Waals surface area (Å²) >= 11 is 0. The van der Waals surface area contributed by atoms with E-state index in [1.165, 1.54) is 6.07 Å². The molecule has 106 valence electrons. The van der Waals surface area contributed by atoms with Gasteiger partial charge in [-0.15, -0.1) is 12.4 Å². The minimum Gasteiger partial charge on any atom is -0.316 e. The van der Waals surface area contributed by atoms with Gasteiger partial charge in [0.05, 0.1) is 16.5 Å². The van der Waals surface area contributed by atoms with Crippen molar-refractivity contribution in [2.24, 2.45) is 0 Å². The molecule has 0 bridgehead atoms. The molecule has 1 unspecified atom stereocenters. The van der Waals surface area contributed by atoms with Gasteiger partial charge in [-0.3, -0.25) is 0 Å². The normalized spacial score (nSPS) is 12.3. The second-order valence-corrected chi connectivity index (χ2v) is 5.87. The molecule has 0 aliphatic rings. The van der Waals surface area contributed by atoms with Gasteiger partial charge in [0.1, 0.15) is 0 Å². The molecular weight excluding hydrogens is 286 g/mol. The first kappa shape index (κ1) is 17.9. The molecule has 0 aromatic heterocycles. The Balaban J connectivity index is 0.00000324. The van der Waals surface area contributed by atoms with Crippen LogP contribution in [0.3, 0.4) is 0 Å². The highest BCUT2D eigenvalue weighted by atomic mass is 35.5. The third kappa shape index (κ3) is 4.80. The highest BCUT2D eigenvalue weighted by molar-refractivity contribution is 7.89. The maximum atomic E-state index is 12.1. The molecule has 0 heterocycles. The Kier molecular flexibility index (Phi) is 7.01. The van der Waals surface area contributed by atoms with E-state index >= 15 is 0 Å². The van der Waals surface area contributed by atoms with Crippen LogP contribution < -0.4 is 10.0 Å². The number of likely N-dealkylation sites (N-methyl/N-ethyl adjacent to an activating group) is 1. The molecule has 1 aromatic carbocycles. The number of aryl methyl sites for hydroxylation is 1. The number of sulfonamides is 1. The zero-order valence-corrected chi connectivity index (χ0v) is 12.7. The Labute approximate surface area is 120 Å². The molecule has 1 aromatic rings. The second kappa shape index (κ2) is 7.46. The zero-order chi connectivity index (χ0) is 13.8. The van der Waals surface area contributed by atoms with E-state index in [9.17, 15) is 8.42 Å². The van der Waals surface area contributed by atoms with Crippen molar-refractivity contribution in [2.45, 2.75) is 24.8 Å². The van der Waals surface area contributed by atoms with Crippen molar-refractivity contribution in [1.82, 2.24) is 10.0 Å². The van der Waals surface area contributed by atoms with Crippen molar-refractivity contribution in [3.05, 3.63) is 29.3 Å². The third-order valence-electron chi connectivity index (χ3n) is 2.68. The van der Waals surface area contributed by atoms with Gasteiger partial charge in [0.15, 0.2) is 0 Å². The molecule has 0 amide bonds. The van der Waals surface area contributed by atoms with Gasteiger partial charge in [0.25, 0.3) is 0 Å². The lowest BCUT2D eigenvalue weighted by molar-refractivity contribution is 0.554. The van der Waals surface area contributed by atoms with Crippen LogP contribution in [0.15, 0.2) is 23.1 Å². The van der Waals surface area contributed by atoms with E-state index in [4.69, 9.17) is 5.26 Å². The topological polar surface area (TPSA) is 82.0 Å². The van der Waals surface area contributed by atoms with Gasteiger partial charge in [-0.25, -0.2) is 13.1 Å². The summed E-state index contributed by atoms with van der Waals surface area (Å²) in [6, 6.07) is 6.60. The first-order chi connectivity index (χ1) is 8.40. The van der Waals surface area contributed by atoms with Crippen molar-refractivity contribution in [3.63, 3.8) is 0 Å². The number of nitrogens with zero attached hydrogens (tertiary/aromatic N) is 1. The largest absolute Gasteiger partial charge is 0.316 e. The molecule has 1 atom stereocenters. The Morgan fingerprint density at radius 1 is 1.42 bits per heavy atom. The van der Waals surface area contributed by atoms with Crippen LogP contribution in [-0.2, 0) is 10.0 Å². The van der Waals surface area contributed by atoms with E-state index in [2.05, 4.69) is 10.0 Å². The van der Waals surface area contributed by atoms with Crippen LogP contribution in [0.1, 0.15) is 18.1 Å². The zero-order valence-electron chi connectivity index (χ0n) is 11.1. The number of nitrogens with one attached hydrogen (secondary N) is 2. The Hall–Kier alpha value is -1.13. The quantitative estimate of drug-likeness (QED) is 0.855. The number of nitriles is 1. The fourth-order valence-electron chi connectivity index (χ4n) is 1.37. The van der Waals surface area contributed by atoms with E-state index in [0.29, 0.717) is 17.7 Å². The fourth-order valence-corrected chi connectivity index (χ4v) is 2.77. The minimum absolute atomic E-state index is 0.